The number of carbonyl (C=O) groups excluding carboxylic acids is 2. The van der Waals surface area contributed by atoms with Gasteiger partial charge in [0.05, 0.1) is 12.5 Å². The third-order valence-electron chi connectivity index (χ3n) is 4.32. The van der Waals surface area contributed by atoms with E-state index in [4.69, 9.17) is 16.3 Å². The van der Waals surface area contributed by atoms with Crippen LogP contribution in [0.3, 0.4) is 0 Å². The fourth-order valence-electron chi connectivity index (χ4n) is 2.93. The number of esters is 1. The summed E-state index contributed by atoms with van der Waals surface area (Å²) < 4.78 is 5.10. The number of rotatable bonds is 6. The van der Waals surface area contributed by atoms with Crippen molar-refractivity contribution in [1.29, 1.82) is 0 Å². The molecule has 1 N–H and O–H groups in total. The molecule has 24 heavy (non-hydrogen) atoms. The Bertz CT molecular complexity index is 592. The van der Waals surface area contributed by atoms with Crippen LogP contribution in [0, 0.1) is 12.8 Å². The van der Waals surface area contributed by atoms with Gasteiger partial charge in [-0.15, -0.1) is 0 Å². The summed E-state index contributed by atoms with van der Waals surface area (Å²) in [6, 6.07) is 5.46. The monoisotopic (exact) mass is 352 g/mol. The van der Waals surface area contributed by atoms with Gasteiger partial charge in [0.25, 0.3) is 0 Å². The molecule has 1 atom stereocenters. The van der Waals surface area contributed by atoms with Gasteiger partial charge in [-0.05, 0) is 50.9 Å². The zero-order chi connectivity index (χ0) is 17.5. The van der Waals surface area contributed by atoms with Crippen LogP contribution in [-0.2, 0) is 14.3 Å². The van der Waals surface area contributed by atoms with Crippen molar-refractivity contribution >= 4 is 29.2 Å². The van der Waals surface area contributed by atoms with E-state index in [0.29, 0.717) is 31.1 Å². The summed E-state index contributed by atoms with van der Waals surface area (Å²) in [4.78, 5) is 26.2. The Morgan fingerprint density at radius 3 is 2.96 bits per heavy atom. The molecule has 5 nitrogen and oxygen atoms in total. The molecule has 1 fully saturated rings. The molecule has 0 radical (unpaired) electrons. The minimum Gasteiger partial charge on any atom is -0.466 e. The number of amides is 1. The summed E-state index contributed by atoms with van der Waals surface area (Å²) in [5, 5.41) is 3.54. The summed E-state index contributed by atoms with van der Waals surface area (Å²) in [5.74, 6) is -0.239. The second kappa shape index (κ2) is 9.04. The van der Waals surface area contributed by atoms with Crippen molar-refractivity contribution < 1.29 is 14.3 Å². The van der Waals surface area contributed by atoms with Crippen LogP contribution >= 0.6 is 11.6 Å². The zero-order valence-electron chi connectivity index (χ0n) is 14.3. The molecule has 0 saturated carbocycles. The first-order chi connectivity index (χ1) is 11.5. The summed E-state index contributed by atoms with van der Waals surface area (Å²) in [7, 11) is 0. The Labute approximate surface area is 148 Å². The fraction of sp³-hybridized carbons (Fsp3) is 0.556. The van der Waals surface area contributed by atoms with Crippen molar-refractivity contribution in [2.75, 3.05) is 31.6 Å². The topological polar surface area (TPSA) is 58.6 Å². The fourth-order valence-corrected chi connectivity index (χ4v) is 3.10. The minimum atomic E-state index is -0.124. The first-order valence-corrected chi connectivity index (χ1v) is 8.83. The van der Waals surface area contributed by atoms with Crippen molar-refractivity contribution in [3.05, 3.63) is 28.8 Å². The number of halogens is 1. The van der Waals surface area contributed by atoms with E-state index in [2.05, 4.69) is 10.2 Å². The average Bonchev–Trinajstić information content (AvgIpc) is 2.58. The SMILES string of the molecule is CCOC(=O)[C@H]1CCCN(CCC(=O)Nc2cccc(Cl)c2C)C1. The van der Waals surface area contributed by atoms with Gasteiger partial charge >= 0.3 is 5.97 Å². The second-order valence-electron chi connectivity index (χ2n) is 6.10. The van der Waals surface area contributed by atoms with Crippen molar-refractivity contribution in [2.24, 2.45) is 5.92 Å². The Hall–Kier alpha value is -1.59. The number of nitrogens with one attached hydrogen (secondary N) is 1. The lowest BCUT2D eigenvalue weighted by Gasteiger charge is -2.31. The number of likely N-dealkylation sites (tertiary alicyclic amines) is 1. The molecule has 0 unspecified atom stereocenters. The molecule has 1 amide bonds. The number of hydrogen-bond acceptors (Lipinski definition) is 4. The van der Waals surface area contributed by atoms with Crippen molar-refractivity contribution in [2.45, 2.75) is 33.1 Å². The summed E-state index contributed by atoms with van der Waals surface area (Å²) >= 11 is 6.06. The molecule has 1 aromatic carbocycles. The molecular formula is C18H25ClN2O3. The summed E-state index contributed by atoms with van der Waals surface area (Å²) in [6.07, 6.45) is 2.21. The lowest BCUT2D eigenvalue weighted by atomic mass is 9.98. The maximum absolute atomic E-state index is 12.2. The van der Waals surface area contributed by atoms with E-state index >= 15 is 0 Å². The summed E-state index contributed by atoms with van der Waals surface area (Å²) in [5.41, 5.74) is 1.61. The highest BCUT2D eigenvalue weighted by atomic mass is 35.5. The Balaban J connectivity index is 1.81. The molecule has 0 aliphatic carbocycles. The lowest BCUT2D eigenvalue weighted by Crippen LogP contribution is -2.40. The average molecular weight is 353 g/mol. The number of anilines is 1. The van der Waals surface area contributed by atoms with Gasteiger partial charge in [0.1, 0.15) is 0 Å². The number of hydrogen-bond donors (Lipinski definition) is 1. The van der Waals surface area contributed by atoms with Crippen LogP contribution in [0.4, 0.5) is 5.69 Å². The first kappa shape index (κ1) is 18.7. The molecule has 1 aliphatic heterocycles. The van der Waals surface area contributed by atoms with Crippen LogP contribution in [0.1, 0.15) is 31.7 Å². The predicted molar refractivity (Wildman–Crippen MR) is 95.2 cm³/mol. The molecule has 1 saturated heterocycles. The van der Waals surface area contributed by atoms with Gasteiger partial charge in [-0.25, -0.2) is 0 Å². The van der Waals surface area contributed by atoms with Crippen LogP contribution in [0.2, 0.25) is 5.02 Å². The van der Waals surface area contributed by atoms with Gasteiger partial charge < -0.3 is 15.0 Å². The Kier molecular flexibility index (Phi) is 7.06. The van der Waals surface area contributed by atoms with E-state index in [1.165, 1.54) is 0 Å². The van der Waals surface area contributed by atoms with E-state index in [0.717, 1.165) is 30.6 Å². The maximum atomic E-state index is 12.2. The van der Waals surface area contributed by atoms with Gasteiger partial charge in [0, 0.05) is 30.2 Å². The number of piperidine rings is 1. The molecule has 0 aromatic heterocycles. The van der Waals surface area contributed by atoms with Crippen LogP contribution in [0.25, 0.3) is 0 Å². The third kappa shape index (κ3) is 5.21. The third-order valence-corrected chi connectivity index (χ3v) is 4.73. The maximum Gasteiger partial charge on any atom is 0.310 e. The van der Waals surface area contributed by atoms with Crippen LogP contribution in [0.15, 0.2) is 18.2 Å². The van der Waals surface area contributed by atoms with Crippen molar-refractivity contribution in [3.8, 4) is 0 Å². The minimum absolute atomic E-state index is 0.0429. The molecule has 0 bridgehead atoms. The molecule has 1 heterocycles. The van der Waals surface area contributed by atoms with Gasteiger partial charge in [0.2, 0.25) is 5.91 Å². The Morgan fingerprint density at radius 1 is 1.42 bits per heavy atom. The van der Waals surface area contributed by atoms with Gasteiger partial charge in [-0.1, -0.05) is 17.7 Å². The smallest absolute Gasteiger partial charge is 0.310 e. The molecular weight excluding hydrogens is 328 g/mol. The number of benzene rings is 1. The van der Waals surface area contributed by atoms with Gasteiger partial charge in [-0.3, -0.25) is 9.59 Å². The van der Waals surface area contributed by atoms with Gasteiger partial charge in [0.15, 0.2) is 0 Å². The van der Waals surface area contributed by atoms with E-state index in [9.17, 15) is 9.59 Å². The normalized spacial score (nSPS) is 18.2. The number of carbonyl (C=O) groups is 2. The van der Waals surface area contributed by atoms with Crippen LogP contribution in [-0.4, -0.2) is 43.0 Å². The quantitative estimate of drug-likeness (QED) is 0.798. The molecule has 1 aliphatic rings. The lowest BCUT2D eigenvalue weighted by molar-refractivity contribution is -0.149. The first-order valence-electron chi connectivity index (χ1n) is 8.45. The highest BCUT2D eigenvalue weighted by Crippen LogP contribution is 2.23. The van der Waals surface area contributed by atoms with Crippen molar-refractivity contribution in [3.63, 3.8) is 0 Å². The molecule has 1 aromatic rings. The second-order valence-corrected chi connectivity index (χ2v) is 6.51. The number of ether oxygens (including phenoxy) is 1. The Morgan fingerprint density at radius 2 is 2.21 bits per heavy atom. The predicted octanol–water partition coefficient (Wildman–Crippen LogP) is 3.25. The zero-order valence-corrected chi connectivity index (χ0v) is 15.1. The summed E-state index contributed by atoms with van der Waals surface area (Å²) in [6.45, 7) is 6.34. The highest BCUT2D eigenvalue weighted by molar-refractivity contribution is 6.31. The van der Waals surface area contributed by atoms with E-state index in [1.807, 2.05) is 26.0 Å². The van der Waals surface area contributed by atoms with Crippen LogP contribution in [0.5, 0.6) is 0 Å². The standard InChI is InChI=1S/C18H25ClN2O3/c1-3-24-18(23)14-6-5-10-21(12-14)11-9-17(22)20-16-8-4-7-15(19)13(16)2/h4,7-8,14H,3,5-6,9-12H2,1-2H3,(H,20,22)/t14-/m0/s1. The number of nitrogens with zero attached hydrogens (tertiary/aromatic N) is 1. The highest BCUT2D eigenvalue weighted by Gasteiger charge is 2.26. The largest absolute Gasteiger partial charge is 0.466 e. The molecule has 6 heteroatoms. The van der Waals surface area contributed by atoms with Crippen molar-refractivity contribution in [1.82, 2.24) is 4.90 Å². The van der Waals surface area contributed by atoms with E-state index < -0.39 is 0 Å². The molecule has 2 rings (SSSR count). The van der Waals surface area contributed by atoms with E-state index in [-0.39, 0.29) is 17.8 Å². The van der Waals surface area contributed by atoms with Gasteiger partial charge in [-0.2, -0.15) is 0 Å². The van der Waals surface area contributed by atoms with E-state index in [1.54, 1.807) is 6.07 Å². The molecule has 0 spiro atoms. The molecule has 132 valence electrons. The van der Waals surface area contributed by atoms with Crippen LogP contribution < -0.4 is 5.32 Å².